The number of fused-ring (bicyclic) bond motifs is 5. The molecule has 3 rings (SSSR count). The van der Waals surface area contributed by atoms with E-state index in [1.807, 2.05) is 0 Å². The molecule has 2 aliphatic carbocycles. The summed E-state index contributed by atoms with van der Waals surface area (Å²) < 4.78 is 53.0. The molecule has 0 aromatic rings. The van der Waals surface area contributed by atoms with E-state index in [1.54, 1.807) is 0 Å². The Morgan fingerprint density at radius 3 is 1.80 bits per heavy atom. The Balaban J connectivity index is 2.32. The molecule has 0 spiro atoms. The Morgan fingerprint density at radius 1 is 0.850 bits per heavy atom. The summed E-state index contributed by atoms with van der Waals surface area (Å²) in [5.74, 6) is -6.62. The van der Waals surface area contributed by atoms with E-state index in [4.69, 9.17) is 69.6 Å². The molecule has 0 aromatic carbocycles. The number of hydrogen-bond donors (Lipinski definition) is 0. The van der Waals surface area contributed by atoms with Gasteiger partial charge in [0.2, 0.25) is 0 Å². The molecular weight excluding hydrogens is 429 g/mol. The predicted octanol–water partition coefficient (Wildman–Crippen LogP) is 5.79. The highest BCUT2D eigenvalue weighted by molar-refractivity contribution is 8.01. The zero-order valence-corrected chi connectivity index (χ0v) is 14.2. The molecule has 4 atom stereocenters. The van der Waals surface area contributed by atoms with Crippen molar-refractivity contribution in [3.05, 3.63) is 10.1 Å². The van der Waals surface area contributed by atoms with Gasteiger partial charge in [0.05, 0.1) is 16.0 Å². The van der Waals surface area contributed by atoms with E-state index in [1.165, 1.54) is 0 Å². The highest BCUT2D eigenvalue weighted by atomic mass is 35.5. The first-order chi connectivity index (χ1) is 8.78. The smallest absolute Gasteiger partial charge is 0.198 e. The summed E-state index contributed by atoms with van der Waals surface area (Å²) in [5, 5.41) is -6.83. The van der Waals surface area contributed by atoms with Gasteiger partial charge in [0.15, 0.2) is 4.33 Å². The highest BCUT2D eigenvalue weighted by Crippen LogP contribution is 2.82. The lowest BCUT2D eigenvalue weighted by Crippen LogP contribution is -2.52. The molecule has 0 aromatic heterocycles. The molecule has 1 aliphatic heterocycles. The maximum absolute atomic E-state index is 14.0. The summed E-state index contributed by atoms with van der Waals surface area (Å²) in [4.78, 5) is -4.48. The minimum absolute atomic E-state index is 0.332. The third kappa shape index (κ3) is 1.31. The van der Waals surface area contributed by atoms with E-state index < -0.39 is 41.5 Å². The van der Waals surface area contributed by atoms with Crippen LogP contribution >= 0.6 is 81.4 Å². The van der Waals surface area contributed by atoms with Gasteiger partial charge >= 0.3 is 11.2 Å². The number of rotatable bonds is 0. The van der Waals surface area contributed by atoms with Crippen molar-refractivity contribution in [1.29, 1.82) is 0 Å². The zero-order chi connectivity index (χ0) is 15.5. The minimum atomic E-state index is -4.48. The molecule has 0 nitrogen and oxygen atoms in total. The van der Waals surface area contributed by atoms with Gasteiger partial charge in [0.25, 0.3) is 0 Å². The Kier molecular flexibility index (Phi) is 3.25. The third-order valence-corrected chi connectivity index (χ3v) is 9.76. The van der Waals surface area contributed by atoms with Gasteiger partial charge in [-0.25, -0.2) is 0 Å². The summed E-state index contributed by atoms with van der Waals surface area (Å²) in [6.45, 7) is 0. The first-order valence-electron chi connectivity index (χ1n) is 5.03. The van der Waals surface area contributed by atoms with Crippen molar-refractivity contribution >= 4 is 81.4 Å². The van der Waals surface area contributed by atoms with Crippen LogP contribution in [0.5, 0.6) is 0 Å². The van der Waals surface area contributed by atoms with Crippen LogP contribution in [-0.2, 0) is 0 Å². The van der Waals surface area contributed by atoms with E-state index in [9.17, 15) is 17.6 Å². The van der Waals surface area contributed by atoms with Crippen molar-refractivity contribution in [2.24, 2.45) is 5.92 Å². The van der Waals surface area contributed by atoms with E-state index in [-0.39, 0.29) is 16.8 Å². The summed E-state index contributed by atoms with van der Waals surface area (Å²) in [6, 6.07) is 0. The fraction of sp³-hybridized carbons (Fsp3) is 0.778. The molecule has 2 fully saturated rings. The molecule has 0 unspecified atom stereocenters. The molecule has 20 heavy (non-hydrogen) atoms. The summed E-state index contributed by atoms with van der Waals surface area (Å²) in [7, 11) is 0. The van der Waals surface area contributed by atoms with E-state index in [0.29, 0.717) is 0 Å². The average Bonchev–Trinajstić information content (AvgIpc) is 2.61. The normalized spacial score (nSPS) is 50.7. The zero-order valence-electron chi connectivity index (χ0n) is 8.84. The number of alkyl halides is 8. The molecule has 3 aliphatic rings. The lowest BCUT2D eigenvalue weighted by atomic mass is 9.86. The van der Waals surface area contributed by atoms with Crippen LogP contribution in [0, 0.1) is 5.92 Å². The molecule has 0 radical (unpaired) electrons. The van der Waals surface area contributed by atoms with Crippen LogP contribution in [0.3, 0.4) is 0 Å². The monoisotopic (exact) mass is 428 g/mol. The Labute approximate surface area is 145 Å². The van der Waals surface area contributed by atoms with Crippen LogP contribution in [-0.4, -0.2) is 30.5 Å². The third-order valence-electron chi connectivity index (χ3n) is 3.92. The summed E-state index contributed by atoms with van der Waals surface area (Å²) in [6.07, 6.45) is 0. The largest absolute Gasteiger partial charge is 0.356 e. The van der Waals surface area contributed by atoms with Crippen LogP contribution in [0.4, 0.5) is 17.6 Å². The quantitative estimate of drug-likeness (QED) is 0.346. The van der Waals surface area contributed by atoms with Gasteiger partial charge in [-0.3, -0.25) is 0 Å². The highest BCUT2D eigenvalue weighted by Gasteiger charge is 2.92. The van der Waals surface area contributed by atoms with Gasteiger partial charge in [-0.05, 0) is 0 Å². The van der Waals surface area contributed by atoms with Gasteiger partial charge in [-0.15, -0.1) is 23.2 Å². The fourth-order valence-electron chi connectivity index (χ4n) is 2.94. The molecule has 0 amide bonds. The predicted molar refractivity (Wildman–Crippen MR) is 75.1 cm³/mol. The van der Waals surface area contributed by atoms with Crippen LogP contribution < -0.4 is 0 Å². The molecule has 2 bridgehead atoms. The summed E-state index contributed by atoms with van der Waals surface area (Å²) >= 11 is 35.7. The van der Waals surface area contributed by atoms with Crippen LogP contribution in [0.25, 0.3) is 0 Å². The van der Waals surface area contributed by atoms with Crippen molar-refractivity contribution < 1.29 is 17.6 Å². The minimum Gasteiger partial charge on any atom is -0.198 e. The van der Waals surface area contributed by atoms with Crippen molar-refractivity contribution in [2.45, 2.75) is 30.5 Å². The van der Waals surface area contributed by atoms with Crippen molar-refractivity contribution in [2.75, 3.05) is 0 Å². The maximum atomic E-state index is 14.0. The van der Waals surface area contributed by atoms with Crippen LogP contribution in [0.1, 0.15) is 0 Å². The van der Waals surface area contributed by atoms with Gasteiger partial charge < -0.3 is 0 Å². The second-order valence-corrected chi connectivity index (χ2v) is 9.31. The maximum Gasteiger partial charge on any atom is 0.356 e. The number of allylic oxidation sites excluding steroid dienone is 2. The van der Waals surface area contributed by atoms with Gasteiger partial charge in [-0.1, -0.05) is 58.2 Å². The molecular formula is C9H2Cl6F4S. The first kappa shape index (κ1) is 16.4. The Morgan fingerprint density at radius 2 is 1.30 bits per heavy atom. The number of hydrogen-bond acceptors (Lipinski definition) is 1. The fourth-order valence-corrected chi connectivity index (χ4v) is 7.79. The van der Waals surface area contributed by atoms with Crippen LogP contribution in [0.2, 0.25) is 0 Å². The van der Waals surface area contributed by atoms with Gasteiger partial charge in [-0.2, -0.15) is 17.6 Å². The summed E-state index contributed by atoms with van der Waals surface area (Å²) in [5.41, 5.74) is 0. The van der Waals surface area contributed by atoms with Crippen molar-refractivity contribution in [3.8, 4) is 0 Å². The Bertz CT molecular complexity index is 551. The molecule has 1 heterocycles. The standard InChI is InChI=1S/C9H2Cl6F4S/c10-2-3(11)6(13)4-1(5(2,12)8(6,14)15)7(16,17)9(18,19)20-4/h1,4H/t1-,4+,5-,6+/m0/s1. The first-order valence-corrected chi connectivity index (χ1v) is 8.18. The van der Waals surface area contributed by atoms with E-state index in [0.717, 1.165) is 0 Å². The van der Waals surface area contributed by atoms with Gasteiger partial charge in [0.1, 0.15) is 9.75 Å². The topological polar surface area (TPSA) is 0 Å². The molecule has 0 N–H and O–H groups in total. The number of thioether (sulfide) groups is 1. The van der Waals surface area contributed by atoms with Crippen molar-refractivity contribution in [1.82, 2.24) is 0 Å². The lowest BCUT2D eigenvalue weighted by molar-refractivity contribution is -0.175. The SMILES string of the molecule is FC1(F)S[C@@H]2[C@H](C1(F)F)[C@]1(Cl)C(Cl)=C(Cl)[C@]2(Cl)C1(Cl)Cl. The molecule has 1 saturated heterocycles. The Hall–Kier alpha value is 1.55. The second kappa shape index (κ2) is 3.96. The average molecular weight is 431 g/mol. The van der Waals surface area contributed by atoms with E-state index in [2.05, 4.69) is 0 Å². The molecule has 11 heteroatoms. The van der Waals surface area contributed by atoms with Crippen molar-refractivity contribution in [3.63, 3.8) is 0 Å². The van der Waals surface area contributed by atoms with Gasteiger partial charge in [0, 0.05) is 5.25 Å². The lowest BCUT2D eigenvalue weighted by Gasteiger charge is -2.36. The van der Waals surface area contributed by atoms with E-state index >= 15 is 0 Å². The van der Waals surface area contributed by atoms with Crippen LogP contribution in [0.15, 0.2) is 10.1 Å². The second-order valence-electron chi connectivity index (χ2n) is 4.78. The number of halogens is 10. The molecule has 114 valence electrons. The molecule has 1 saturated carbocycles.